The molecule has 0 saturated carbocycles. The Morgan fingerprint density at radius 3 is 0.519 bits per heavy atom. The van der Waals surface area contributed by atoms with E-state index in [4.69, 9.17) is 28.4 Å². The van der Waals surface area contributed by atoms with Crippen molar-refractivity contribution < 1.29 is 57.2 Å². The van der Waals surface area contributed by atoms with Crippen LogP contribution in [0.1, 0.15) is 62.1 Å². The molecule has 0 spiro atoms. The minimum absolute atomic E-state index is 0.365. The van der Waals surface area contributed by atoms with Gasteiger partial charge >= 0.3 is 512 Å². The van der Waals surface area contributed by atoms with Gasteiger partial charge in [0.05, 0.1) is 0 Å². The summed E-state index contributed by atoms with van der Waals surface area (Å²) in [6.07, 6.45) is 6.57. The summed E-state index contributed by atoms with van der Waals surface area (Å²) in [6.45, 7) is 21.2. The van der Waals surface area contributed by atoms with Crippen molar-refractivity contribution in [3.8, 4) is 0 Å². The molecule has 0 fully saturated rings. The molecule has 0 aromatic heterocycles. The van der Waals surface area contributed by atoms with Gasteiger partial charge in [0, 0.05) is 0 Å². The van der Waals surface area contributed by atoms with Crippen molar-refractivity contribution in [1.29, 1.82) is 0 Å². The van der Waals surface area contributed by atoms with E-state index in [-0.39, 0.29) is 0 Å². The van der Waals surface area contributed by atoms with E-state index in [1.807, 2.05) is 72.8 Å². The van der Waals surface area contributed by atoms with E-state index < -0.39 is 88.0 Å². The fourth-order valence-electron chi connectivity index (χ4n) is 6.62. The molecular weight excluding hydrogens is 1470 g/mol. The van der Waals surface area contributed by atoms with Crippen LogP contribution in [0.5, 0.6) is 0 Å². The number of hydrogen-bond donors (Lipinski definition) is 0. The summed E-state index contributed by atoms with van der Waals surface area (Å²) >= 11 is -9.08. The van der Waals surface area contributed by atoms with Gasteiger partial charge < -0.3 is 0 Å². The fourth-order valence-corrected chi connectivity index (χ4v) is 56.3. The Balaban J connectivity index is 1.44. The van der Waals surface area contributed by atoms with E-state index in [2.05, 4.69) is 57.7 Å². The number of hydrogen-bond acceptors (Lipinski definition) is 18. The molecule has 7 rings (SSSR count). The number of carbonyl (C=O) groups excluding carboxylic acids is 6. The van der Waals surface area contributed by atoms with Crippen LogP contribution in [0.15, 0.2) is 270 Å². The summed E-state index contributed by atoms with van der Waals surface area (Å²) in [5.74, 6) is -3.19. The molecule has 0 bridgehead atoms. The van der Waals surface area contributed by atoms with Gasteiger partial charge in [-0.1, -0.05) is 0 Å². The quantitative estimate of drug-likeness (QED) is 0.0207. The maximum absolute atomic E-state index is 12.8. The third-order valence-corrected chi connectivity index (χ3v) is 56.9. The first-order valence-corrected chi connectivity index (χ1v) is 50.7. The topological polar surface area (TPSA) is 158 Å². The molecule has 0 atom stereocenters. The van der Waals surface area contributed by atoms with E-state index in [0.717, 1.165) is 77.5 Å². The van der Waals surface area contributed by atoms with Crippen molar-refractivity contribution >= 4 is 152 Å². The third kappa shape index (κ3) is 18.7. The fraction of sp³-hybridized carbons (Fsp3) is 0. The van der Waals surface area contributed by atoms with E-state index >= 15 is 0 Å². The monoisotopic (exact) mass is 1510 g/mol. The summed E-state index contributed by atoms with van der Waals surface area (Å²) < 4.78 is 33.9. The molecule has 408 valence electrons. The second kappa shape index (κ2) is 32.3. The molecule has 81 heavy (non-hydrogen) atoms. The number of ether oxygens (including phenoxy) is 6. The van der Waals surface area contributed by atoms with E-state index in [1.165, 1.54) is 0 Å². The molecule has 0 aliphatic heterocycles. The second-order valence-electron chi connectivity index (χ2n) is 15.6. The summed E-state index contributed by atoms with van der Waals surface area (Å²) in [7, 11) is 10.5. The van der Waals surface area contributed by atoms with Crippen LogP contribution in [0.3, 0.4) is 0 Å². The van der Waals surface area contributed by atoms with E-state index in [9.17, 15) is 28.8 Å². The second-order valence-corrected chi connectivity index (χ2v) is 57.1. The molecule has 12 nitrogen and oxygen atoms in total. The molecule has 0 unspecified atom stereocenters. The first-order valence-electron chi connectivity index (χ1n) is 23.5. The molecule has 0 aliphatic rings. The van der Waals surface area contributed by atoms with Crippen LogP contribution < -0.4 is 10.5 Å². The first-order chi connectivity index (χ1) is 39.3. The number of carbonyl (C=O) groups is 6. The van der Waals surface area contributed by atoms with Gasteiger partial charge in [-0.25, -0.2) is 0 Å². The van der Waals surface area contributed by atoms with E-state index in [1.54, 1.807) is 126 Å². The molecule has 0 heterocycles. The molecule has 7 aromatic rings. The minimum atomic E-state index is -3.03. The molecular formula is C60H45O12S6Sb3. The van der Waals surface area contributed by atoms with Crippen LogP contribution in [-0.2, 0) is 28.4 Å². The van der Waals surface area contributed by atoms with Gasteiger partial charge in [0.2, 0.25) is 0 Å². The number of esters is 6. The zero-order valence-corrected chi connectivity index (χ0v) is 55.0. The molecule has 0 aliphatic carbocycles. The van der Waals surface area contributed by atoms with Gasteiger partial charge in [-0.2, -0.15) is 0 Å². The normalized spacial score (nSPS) is 10.7. The van der Waals surface area contributed by atoms with Gasteiger partial charge in [-0.3, -0.25) is 0 Å². The number of benzene rings is 7. The Morgan fingerprint density at radius 2 is 0.395 bits per heavy atom. The molecule has 7 aromatic carbocycles. The molecule has 0 radical (unpaired) electrons. The van der Waals surface area contributed by atoms with Crippen molar-refractivity contribution in [2.24, 2.45) is 0 Å². The summed E-state index contributed by atoms with van der Waals surface area (Å²) in [5.41, 5.74) is 2.19. The van der Waals surface area contributed by atoms with Crippen molar-refractivity contribution in [2.75, 3.05) is 0 Å². The maximum atomic E-state index is 12.8. The molecule has 0 amide bonds. The Hall–Kier alpha value is -5.65. The Labute approximate surface area is 506 Å². The standard InChI is InChI=1S/6C9H8O2S.C6H3.3Sb/c6*1-2-11-9(10)7-3-5-8(12)6-4-7;1-2-4-6-5-3-1;;;/h6*2-6,12H,1H2;1,4-5H;;;/q;;;;;;;3*+2/p-6. The molecule has 0 saturated heterocycles. The predicted octanol–water partition coefficient (Wildman–Crippen LogP) is 13.3. The first kappa shape index (κ1) is 62.9. The Bertz CT molecular complexity index is 2880. The van der Waals surface area contributed by atoms with Gasteiger partial charge in [0.15, 0.2) is 0 Å². The summed E-state index contributed by atoms with van der Waals surface area (Å²) in [5, 5.41) is 0. The average molecular weight is 1520 g/mol. The van der Waals surface area contributed by atoms with Crippen molar-refractivity contribution in [3.05, 3.63) is 274 Å². The zero-order chi connectivity index (χ0) is 57.7. The van der Waals surface area contributed by atoms with Gasteiger partial charge in [-0.15, -0.1) is 0 Å². The van der Waals surface area contributed by atoms with Crippen LogP contribution >= 0.6 is 53.1 Å². The van der Waals surface area contributed by atoms with Crippen molar-refractivity contribution in [3.63, 3.8) is 0 Å². The summed E-state index contributed by atoms with van der Waals surface area (Å²) in [4.78, 5) is 82.1. The van der Waals surface area contributed by atoms with Crippen LogP contribution in [0.4, 0.5) is 0 Å². The van der Waals surface area contributed by atoms with Crippen LogP contribution in [0.25, 0.3) is 0 Å². The van der Waals surface area contributed by atoms with Gasteiger partial charge in [0.1, 0.15) is 0 Å². The number of rotatable bonds is 27. The van der Waals surface area contributed by atoms with Crippen molar-refractivity contribution in [2.45, 2.75) is 29.4 Å². The van der Waals surface area contributed by atoms with Gasteiger partial charge in [0.25, 0.3) is 0 Å². The van der Waals surface area contributed by atoms with Gasteiger partial charge in [-0.05, 0) is 0 Å². The average Bonchev–Trinajstić information content (AvgIpc) is 3.57. The Kier molecular flexibility index (Phi) is 25.1. The summed E-state index contributed by atoms with van der Waals surface area (Å²) in [6, 6.07) is 50.6. The third-order valence-electron chi connectivity index (χ3n) is 10.3. The van der Waals surface area contributed by atoms with Crippen LogP contribution in [0.2, 0.25) is 0 Å². The van der Waals surface area contributed by atoms with E-state index in [0.29, 0.717) is 33.4 Å². The predicted molar refractivity (Wildman–Crippen MR) is 330 cm³/mol. The Morgan fingerprint density at radius 1 is 0.259 bits per heavy atom. The van der Waals surface area contributed by atoms with Crippen LogP contribution in [0, 0.1) is 0 Å². The molecule has 0 N–H and O–H groups in total. The SMILES string of the molecule is C=COC(=O)c1ccc([S][Sb]([S]c2ccc(C(=O)OC=C)cc2)[c]2c[c]([Sb]([S]c3ccc(C(=O)OC=C)cc3)[S]c3ccc(C(=O)OC=C)cc3)c[c]([Sb]([S]c3ccc(C(=O)OC=C)cc3)[S]c3ccc(C(=O)OC=C)cc3)c2)cc1. The van der Waals surface area contributed by atoms with Crippen molar-refractivity contribution in [1.82, 2.24) is 0 Å². The van der Waals surface area contributed by atoms with Crippen LogP contribution in [-0.4, -0.2) is 88.0 Å². The molecule has 21 heteroatoms. The zero-order valence-electron chi connectivity index (χ0n) is 42.5.